The maximum atomic E-state index is 12.5. The van der Waals surface area contributed by atoms with Gasteiger partial charge in [0.25, 0.3) is 0 Å². The fourth-order valence-electron chi connectivity index (χ4n) is 9.46. The number of nitrogens with one attached hydrogen (secondary N) is 1. The zero-order valence-corrected chi connectivity index (χ0v) is 44.7. The predicted octanol–water partition coefficient (Wildman–Crippen LogP) is 18.5. The van der Waals surface area contributed by atoms with Gasteiger partial charge in [0.1, 0.15) is 0 Å². The van der Waals surface area contributed by atoms with E-state index < -0.39 is 12.1 Å². The Morgan fingerprint density at radius 2 is 0.712 bits per heavy atom. The van der Waals surface area contributed by atoms with Crippen molar-refractivity contribution in [2.24, 2.45) is 0 Å². The number of ether oxygens (including phenoxy) is 1. The van der Waals surface area contributed by atoms with E-state index in [1.54, 1.807) is 0 Å². The van der Waals surface area contributed by atoms with E-state index in [2.05, 4.69) is 31.3 Å². The maximum Gasteiger partial charge on any atom is 0.305 e. The van der Waals surface area contributed by atoms with E-state index in [1.165, 1.54) is 257 Å². The summed E-state index contributed by atoms with van der Waals surface area (Å²) >= 11 is 0. The van der Waals surface area contributed by atoms with Gasteiger partial charge in [-0.1, -0.05) is 283 Å². The number of hydrogen-bond acceptors (Lipinski definition) is 5. The van der Waals surface area contributed by atoms with E-state index in [9.17, 15) is 19.8 Å². The Hall–Kier alpha value is -1.40. The average molecular weight is 933 g/mol. The summed E-state index contributed by atoms with van der Waals surface area (Å²) in [6, 6.07) is -0.545. The molecule has 6 heteroatoms. The van der Waals surface area contributed by atoms with Crippen molar-refractivity contribution in [3.63, 3.8) is 0 Å². The molecule has 6 nitrogen and oxygen atoms in total. The summed E-state index contributed by atoms with van der Waals surface area (Å²) < 4.78 is 5.49. The highest BCUT2D eigenvalue weighted by molar-refractivity contribution is 5.76. The van der Waals surface area contributed by atoms with Gasteiger partial charge in [-0.2, -0.15) is 0 Å². The summed E-state index contributed by atoms with van der Waals surface area (Å²) in [5.41, 5.74) is 0. The van der Waals surface area contributed by atoms with Gasteiger partial charge in [0.05, 0.1) is 25.4 Å². The van der Waals surface area contributed by atoms with Crippen LogP contribution in [0.1, 0.15) is 335 Å². The number of carbonyl (C=O) groups is 2. The second-order valence-electron chi connectivity index (χ2n) is 20.7. The Labute approximate surface area is 412 Å². The minimum atomic E-state index is -0.667. The molecule has 66 heavy (non-hydrogen) atoms. The van der Waals surface area contributed by atoms with Gasteiger partial charge in [0, 0.05) is 12.8 Å². The quantitative estimate of drug-likeness (QED) is 0.0321. The highest BCUT2D eigenvalue weighted by Crippen LogP contribution is 2.18. The van der Waals surface area contributed by atoms with Crippen molar-refractivity contribution in [2.75, 3.05) is 13.2 Å². The third-order valence-electron chi connectivity index (χ3n) is 14.1. The van der Waals surface area contributed by atoms with Crippen molar-refractivity contribution in [3.05, 3.63) is 12.2 Å². The molecule has 0 bridgehead atoms. The van der Waals surface area contributed by atoms with Crippen LogP contribution >= 0.6 is 0 Å². The molecule has 0 spiro atoms. The Balaban J connectivity index is 3.40. The van der Waals surface area contributed by atoms with Crippen LogP contribution in [0, 0.1) is 0 Å². The summed E-state index contributed by atoms with van der Waals surface area (Å²) in [6.07, 6.45) is 66.3. The molecule has 2 unspecified atom stereocenters. The number of aliphatic hydroxyl groups excluding tert-OH is 2. The summed E-state index contributed by atoms with van der Waals surface area (Å²) in [5.74, 6) is -0.0353. The summed E-state index contributed by atoms with van der Waals surface area (Å²) in [4.78, 5) is 24.6. The lowest BCUT2D eigenvalue weighted by Gasteiger charge is -2.22. The predicted molar refractivity (Wildman–Crippen MR) is 287 cm³/mol. The molecule has 0 rings (SSSR count). The Bertz CT molecular complexity index is 986. The first kappa shape index (κ1) is 64.6. The molecule has 0 aliphatic rings. The fraction of sp³-hybridized carbons (Fsp3) is 0.933. The zero-order valence-electron chi connectivity index (χ0n) is 44.7. The van der Waals surface area contributed by atoms with Crippen LogP contribution in [0.2, 0.25) is 0 Å². The van der Waals surface area contributed by atoms with E-state index in [0.29, 0.717) is 25.9 Å². The van der Waals surface area contributed by atoms with Crippen LogP contribution in [0.25, 0.3) is 0 Å². The second kappa shape index (κ2) is 56.2. The number of allylic oxidation sites excluding steroid dienone is 2. The van der Waals surface area contributed by atoms with Crippen LogP contribution in [0.4, 0.5) is 0 Å². The lowest BCUT2D eigenvalue weighted by molar-refractivity contribution is -0.143. The smallest absolute Gasteiger partial charge is 0.305 e. The first-order valence-corrected chi connectivity index (χ1v) is 29.9. The van der Waals surface area contributed by atoms with E-state index >= 15 is 0 Å². The first-order chi connectivity index (χ1) is 32.5. The molecule has 392 valence electrons. The van der Waals surface area contributed by atoms with Crippen LogP contribution in [-0.2, 0) is 14.3 Å². The molecule has 0 aliphatic heterocycles. The van der Waals surface area contributed by atoms with Crippen molar-refractivity contribution in [3.8, 4) is 0 Å². The van der Waals surface area contributed by atoms with Crippen molar-refractivity contribution < 1.29 is 24.5 Å². The minimum absolute atomic E-state index is 0.00281. The van der Waals surface area contributed by atoms with Gasteiger partial charge >= 0.3 is 5.97 Å². The molecule has 0 saturated heterocycles. The van der Waals surface area contributed by atoms with Crippen molar-refractivity contribution >= 4 is 11.9 Å². The molecule has 0 aromatic heterocycles. The van der Waals surface area contributed by atoms with E-state index in [0.717, 1.165) is 44.9 Å². The molecule has 3 N–H and O–H groups in total. The van der Waals surface area contributed by atoms with E-state index in [-0.39, 0.29) is 18.5 Å². The van der Waals surface area contributed by atoms with Crippen LogP contribution in [0.3, 0.4) is 0 Å². The number of esters is 1. The Morgan fingerprint density at radius 1 is 0.409 bits per heavy atom. The topological polar surface area (TPSA) is 95.9 Å². The SMILES string of the molecule is CCCCCCCC/C=C\CCCCCCCCCC(=O)OCCCCCCCCCCCCCCCCCCCC(=O)NC(CO)C(O)CCCCCCCCCCCCCCCCC. The summed E-state index contributed by atoms with van der Waals surface area (Å²) in [7, 11) is 0. The highest BCUT2D eigenvalue weighted by Gasteiger charge is 2.20. The maximum absolute atomic E-state index is 12.5. The van der Waals surface area contributed by atoms with Crippen molar-refractivity contribution in [2.45, 2.75) is 347 Å². The number of carbonyl (C=O) groups excluding carboxylic acids is 2. The molecule has 0 aliphatic carbocycles. The molecule has 0 radical (unpaired) electrons. The molecular formula is C60H117NO5. The molecule has 0 aromatic carbocycles. The highest BCUT2D eigenvalue weighted by atomic mass is 16.5. The number of rotatable bonds is 56. The molecule has 0 fully saturated rings. The Morgan fingerprint density at radius 3 is 1.08 bits per heavy atom. The third kappa shape index (κ3) is 52.0. The van der Waals surface area contributed by atoms with Gasteiger partial charge in [-0.25, -0.2) is 0 Å². The largest absolute Gasteiger partial charge is 0.466 e. The van der Waals surface area contributed by atoms with Crippen molar-refractivity contribution in [1.29, 1.82) is 0 Å². The Kier molecular flexibility index (Phi) is 55.0. The van der Waals surface area contributed by atoms with Crippen LogP contribution in [0.5, 0.6) is 0 Å². The number of amides is 1. The van der Waals surface area contributed by atoms with Crippen LogP contribution in [-0.4, -0.2) is 47.4 Å². The summed E-state index contributed by atoms with van der Waals surface area (Å²) in [5, 5.41) is 23.3. The minimum Gasteiger partial charge on any atom is -0.466 e. The second-order valence-corrected chi connectivity index (χ2v) is 20.7. The monoisotopic (exact) mass is 932 g/mol. The third-order valence-corrected chi connectivity index (χ3v) is 14.1. The van der Waals surface area contributed by atoms with Gasteiger partial charge in [0.2, 0.25) is 5.91 Å². The average Bonchev–Trinajstić information content (AvgIpc) is 3.32. The fourth-order valence-corrected chi connectivity index (χ4v) is 9.46. The van der Waals surface area contributed by atoms with E-state index in [4.69, 9.17) is 4.74 Å². The van der Waals surface area contributed by atoms with Gasteiger partial charge in [-0.05, 0) is 51.4 Å². The van der Waals surface area contributed by atoms with Crippen molar-refractivity contribution in [1.82, 2.24) is 5.32 Å². The van der Waals surface area contributed by atoms with Crippen LogP contribution < -0.4 is 5.32 Å². The molecular weight excluding hydrogens is 815 g/mol. The molecule has 0 heterocycles. The normalized spacial score (nSPS) is 12.6. The lowest BCUT2D eigenvalue weighted by Crippen LogP contribution is -2.45. The molecule has 0 saturated carbocycles. The molecule has 2 atom stereocenters. The van der Waals surface area contributed by atoms with Gasteiger partial charge in [-0.3, -0.25) is 9.59 Å². The number of hydrogen-bond donors (Lipinski definition) is 3. The first-order valence-electron chi connectivity index (χ1n) is 29.9. The molecule has 1 amide bonds. The summed E-state index contributed by atoms with van der Waals surface area (Å²) in [6.45, 7) is 4.96. The number of unbranched alkanes of at least 4 members (excludes halogenated alkanes) is 43. The van der Waals surface area contributed by atoms with Gasteiger partial charge < -0.3 is 20.3 Å². The number of aliphatic hydroxyl groups is 2. The van der Waals surface area contributed by atoms with Gasteiger partial charge in [-0.15, -0.1) is 0 Å². The lowest BCUT2D eigenvalue weighted by atomic mass is 10.0. The zero-order chi connectivity index (χ0) is 47.9. The standard InChI is InChI=1S/C60H117NO5/c1-3-5-7-9-11-13-15-17-19-21-26-30-34-38-42-46-50-54-60(65)66-55-51-47-43-39-35-31-27-23-20-22-25-29-33-37-41-45-49-53-59(64)61-57(56-62)58(63)52-48-44-40-36-32-28-24-18-16-14-12-10-8-6-4-2/h17,19,57-58,62-63H,3-16,18,20-56H2,1-2H3,(H,61,64)/b19-17-. The van der Waals surface area contributed by atoms with Crippen LogP contribution in [0.15, 0.2) is 12.2 Å². The van der Waals surface area contributed by atoms with Gasteiger partial charge in [0.15, 0.2) is 0 Å². The molecule has 0 aromatic rings. The van der Waals surface area contributed by atoms with E-state index in [1.807, 2.05) is 0 Å².